The SMILES string of the molecule is O=C(Nc1cccc(N2CCCN(Cc3ccc(F)cc3)C2=O)c1)c1ccc(Cl)cc1. The topological polar surface area (TPSA) is 52.7 Å². The summed E-state index contributed by atoms with van der Waals surface area (Å²) in [5.41, 5.74) is 2.68. The second-order valence-electron chi connectivity index (χ2n) is 7.35. The summed E-state index contributed by atoms with van der Waals surface area (Å²) in [5, 5.41) is 3.42. The molecule has 7 heteroatoms. The molecule has 0 saturated carbocycles. The highest BCUT2D eigenvalue weighted by Crippen LogP contribution is 2.25. The van der Waals surface area contributed by atoms with Crippen LogP contribution >= 0.6 is 11.6 Å². The fourth-order valence-electron chi connectivity index (χ4n) is 3.53. The van der Waals surface area contributed by atoms with E-state index in [1.807, 2.05) is 6.07 Å². The van der Waals surface area contributed by atoms with Crippen molar-refractivity contribution in [2.75, 3.05) is 23.3 Å². The van der Waals surface area contributed by atoms with Crippen molar-refractivity contribution < 1.29 is 14.0 Å². The molecule has 4 rings (SSSR count). The van der Waals surface area contributed by atoms with Gasteiger partial charge in [-0.2, -0.15) is 0 Å². The number of anilines is 2. The molecule has 1 N–H and O–H groups in total. The summed E-state index contributed by atoms with van der Waals surface area (Å²) in [6.07, 6.45) is 0.814. The number of carbonyl (C=O) groups excluding carboxylic acids is 2. The molecule has 1 saturated heterocycles. The van der Waals surface area contributed by atoms with Gasteiger partial charge in [0.25, 0.3) is 5.91 Å². The lowest BCUT2D eigenvalue weighted by atomic mass is 10.1. The highest BCUT2D eigenvalue weighted by Gasteiger charge is 2.27. The monoisotopic (exact) mass is 437 g/mol. The van der Waals surface area contributed by atoms with Crippen LogP contribution in [-0.4, -0.2) is 29.9 Å². The fourth-order valence-corrected chi connectivity index (χ4v) is 3.66. The van der Waals surface area contributed by atoms with Gasteiger partial charge in [-0.1, -0.05) is 29.8 Å². The van der Waals surface area contributed by atoms with Crippen molar-refractivity contribution in [2.45, 2.75) is 13.0 Å². The molecular formula is C24H21ClFN3O2. The number of hydrogen-bond donors (Lipinski definition) is 1. The zero-order valence-electron chi connectivity index (χ0n) is 16.7. The van der Waals surface area contributed by atoms with Gasteiger partial charge >= 0.3 is 6.03 Å². The predicted octanol–water partition coefficient (Wildman–Crippen LogP) is 5.56. The Morgan fingerprint density at radius 2 is 1.74 bits per heavy atom. The molecule has 158 valence electrons. The molecule has 3 amide bonds. The van der Waals surface area contributed by atoms with Crippen LogP contribution in [0.2, 0.25) is 5.02 Å². The summed E-state index contributed by atoms with van der Waals surface area (Å²) >= 11 is 5.88. The lowest BCUT2D eigenvalue weighted by Gasteiger charge is -2.36. The summed E-state index contributed by atoms with van der Waals surface area (Å²) in [4.78, 5) is 29.0. The number of halogens is 2. The van der Waals surface area contributed by atoms with E-state index in [1.54, 1.807) is 64.4 Å². The van der Waals surface area contributed by atoms with E-state index in [9.17, 15) is 14.0 Å². The third-order valence-corrected chi connectivity index (χ3v) is 5.37. The van der Waals surface area contributed by atoms with Crippen molar-refractivity contribution in [3.05, 3.63) is 94.8 Å². The van der Waals surface area contributed by atoms with Gasteiger partial charge < -0.3 is 10.2 Å². The standard InChI is InChI=1S/C24H21ClFN3O2/c25-19-9-7-18(8-10-19)23(30)27-21-3-1-4-22(15-21)29-14-2-13-28(24(29)31)16-17-5-11-20(26)12-6-17/h1,3-12,15H,2,13-14,16H2,(H,27,30). The molecule has 0 radical (unpaired) electrons. The molecule has 0 bridgehead atoms. The second-order valence-corrected chi connectivity index (χ2v) is 7.78. The van der Waals surface area contributed by atoms with Crippen LogP contribution in [0.1, 0.15) is 22.3 Å². The van der Waals surface area contributed by atoms with Crippen molar-refractivity contribution >= 4 is 34.9 Å². The Kier molecular flexibility index (Phi) is 6.18. The summed E-state index contributed by atoms with van der Waals surface area (Å²) in [7, 11) is 0. The van der Waals surface area contributed by atoms with Crippen LogP contribution in [-0.2, 0) is 6.54 Å². The highest BCUT2D eigenvalue weighted by molar-refractivity contribution is 6.30. The smallest absolute Gasteiger partial charge is 0.322 e. The van der Waals surface area contributed by atoms with Crippen LogP contribution < -0.4 is 10.2 Å². The minimum atomic E-state index is -0.298. The lowest BCUT2D eigenvalue weighted by Crippen LogP contribution is -2.49. The fraction of sp³-hybridized carbons (Fsp3) is 0.167. The summed E-state index contributed by atoms with van der Waals surface area (Å²) < 4.78 is 13.2. The molecule has 0 unspecified atom stereocenters. The van der Waals surface area contributed by atoms with E-state index >= 15 is 0 Å². The zero-order chi connectivity index (χ0) is 21.8. The van der Waals surface area contributed by atoms with Gasteiger partial charge in [0, 0.05) is 41.6 Å². The first-order valence-corrected chi connectivity index (χ1v) is 10.4. The largest absolute Gasteiger partial charge is 0.324 e. The Hall–Kier alpha value is -3.38. The molecule has 0 spiro atoms. The Morgan fingerprint density at radius 3 is 2.48 bits per heavy atom. The molecule has 5 nitrogen and oxygen atoms in total. The van der Waals surface area contributed by atoms with Crippen molar-refractivity contribution in [3.8, 4) is 0 Å². The quantitative estimate of drug-likeness (QED) is 0.567. The van der Waals surface area contributed by atoms with E-state index < -0.39 is 0 Å². The van der Waals surface area contributed by atoms with Crippen molar-refractivity contribution in [3.63, 3.8) is 0 Å². The Bertz CT molecular complexity index is 1090. The van der Waals surface area contributed by atoms with Crippen molar-refractivity contribution in [1.29, 1.82) is 0 Å². The van der Waals surface area contributed by atoms with Gasteiger partial charge in [-0.05, 0) is 66.6 Å². The van der Waals surface area contributed by atoms with E-state index in [0.29, 0.717) is 41.6 Å². The average Bonchev–Trinajstić information content (AvgIpc) is 2.77. The van der Waals surface area contributed by atoms with Gasteiger partial charge in [-0.15, -0.1) is 0 Å². The maximum absolute atomic E-state index is 13.2. The number of hydrogen-bond acceptors (Lipinski definition) is 2. The number of nitrogens with one attached hydrogen (secondary N) is 1. The predicted molar refractivity (Wildman–Crippen MR) is 120 cm³/mol. The zero-order valence-corrected chi connectivity index (χ0v) is 17.5. The Labute approximate surface area is 185 Å². The Balaban J connectivity index is 1.47. The first-order chi connectivity index (χ1) is 15.0. The molecule has 1 aliphatic heterocycles. The number of rotatable bonds is 5. The molecule has 1 fully saturated rings. The van der Waals surface area contributed by atoms with Crippen LogP contribution in [0.5, 0.6) is 0 Å². The van der Waals surface area contributed by atoms with E-state index in [4.69, 9.17) is 11.6 Å². The van der Waals surface area contributed by atoms with Gasteiger partial charge in [0.15, 0.2) is 0 Å². The van der Waals surface area contributed by atoms with Gasteiger partial charge in [-0.3, -0.25) is 9.69 Å². The molecule has 0 atom stereocenters. The number of nitrogens with zero attached hydrogens (tertiary/aromatic N) is 2. The van der Waals surface area contributed by atoms with Crippen LogP contribution in [0.3, 0.4) is 0 Å². The molecule has 0 aliphatic carbocycles. The maximum atomic E-state index is 13.2. The van der Waals surface area contributed by atoms with Gasteiger partial charge in [0.05, 0.1) is 0 Å². The molecule has 1 heterocycles. The summed E-state index contributed by atoms with van der Waals surface area (Å²) in [6, 6.07) is 19.9. The summed E-state index contributed by atoms with van der Waals surface area (Å²) in [6.45, 7) is 1.65. The van der Waals surface area contributed by atoms with E-state index in [1.165, 1.54) is 12.1 Å². The highest BCUT2D eigenvalue weighted by atomic mass is 35.5. The lowest BCUT2D eigenvalue weighted by molar-refractivity contribution is 0.102. The average molecular weight is 438 g/mol. The Morgan fingerprint density at radius 1 is 1.00 bits per heavy atom. The van der Waals surface area contributed by atoms with Crippen molar-refractivity contribution in [2.24, 2.45) is 0 Å². The first kappa shape index (κ1) is 20.9. The van der Waals surface area contributed by atoms with Crippen LogP contribution in [0.25, 0.3) is 0 Å². The minimum absolute atomic E-state index is 0.114. The van der Waals surface area contributed by atoms with Gasteiger partial charge in [0.1, 0.15) is 5.82 Å². The molecule has 31 heavy (non-hydrogen) atoms. The van der Waals surface area contributed by atoms with Crippen LogP contribution in [0.15, 0.2) is 72.8 Å². The number of carbonyl (C=O) groups is 2. The summed E-state index contributed by atoms with van der Waals surface area (Å²) in [5.74, 6) is -0.551. The minimum Gasteiger partial charge on any atom is -0.322 e. The molecule has 1 aliphatic rings. The van der Waals surface area contributed by atoms with E-state index in [0.717, 1.165) is 12.0 Å². The molecular weight excluding hydrogens is 417 g/mol. The third-order valence-electron chi connectivity index (χ3n) is 5.12. The molecule has 0 aromatic heterocycles. The van der Waals surface area contributed by atoms with Crippen LogP contribution in [0.4, 0.5) is 20.6 Å². The van der Waals surface area contributed by atoms with E-state index in [-0.39, 0.29) is 17.8 Å². The molecule has 3 aromatic rings. The third kappa shape index (κ3) is 5.03. The number of amides is 3. The van der Waals surface area contributed by atoms with Crippen molar-refractivity contribution in [1.82, 2.24) is 4.90 Å². The number of benzene rings is 3. The van der Waals surface area contributed by atoms with E-state index in [2.05, 4.69) is 5.32 Å². The maximum Gasteiger partial charge on any atom is 0.324 e. The molecule has 3 aromatic carbocycles. The van der Waals surface area contributed by atoms with Crippen LogP contribution in [0, 0.1) is 5.82 Å². The van der Waals surface area contributed by atoms with Gasteiger partial charge in [-0.25, -0.2) is 9.18 Å². The second kappa shape index (κ2) is 9.18. The van der Waals surface area contributed by atoms with Gasteiger partial charge in [0.2, 0.25) is 0 Å². The normalized spacial score (nSPS) is 13.9. The number of urea groups is 1. The first-order valence-electron chi connectivity index (χ1n) is 9.97.